The second-order valence-electron chi connectivity index (χ2n) is 10.4. The second kappa shape index (κ2) is 13.3. The number of aromatic amines is 1. The van der Waals surface area contributed by atoms with Crippen LogP contribution in [0.15, 0.2) is 76.3 Å². The largest absolute Gasteiger partial charge is 0.497 e. The number of ether oxygens (including phenoxy) is 2. The Morgan fingerprint density at radius 3 is 2.26 bits per heavy atom. The summed E-state index contributed by atoms with van der Waals surface area (Å²) < 4.78 is 11.9. The number of benzene rings is 3. The van der Waals surface area contributed by atoms with Crippen LogP contribution in [0.3, 0.4) is 0 Å². The minimum absolute atomic E-state index is 0.213. The van der Waals surface area contributed by atoms with E-state index in [1.807, 2.05) is 50.2 Å². The number of fused-ring (bicyclic) bond motifs is 1. The normalized spacial score (nSPS) is 12.6. The third-order valence-electron chi connectivity index (χ3n) is 7.12. The molecule has 2 atom stereocenters. The lowest BCUT2D eigenvalue weighted by Gasteiger charge is -2.20. The number of carbonyl (C=O) groups is 2. The first-order chi connectivity index (χ1) is 20.1. The molecule has 0 fully saturated rings. The lowest BCUT2D eigenvalue weighted by Crippen LogP contribution is -2.37. The van der Waals surface area contributed by atoms with Crippen LogP contribution < -0.4 is 21.3 Å². The fraction of sp³-hybridized carbons (Fsp3) is 0.312. The van der Waals surface area contributed by atoms with Crippen molar-refractivity contribution < 1.29 is 19.1 Å². The van der Waals surface area contributed by atoms with Gasteiger partial charge in [0.2, 0.25) is 0 Å². The van der Waals surface area contributed by atoms with Gasteiger partial charge < -0.3 is 24.7 Å². The molecule has 42 heavy (non-hydrogen) atoms. The average Bonchev–Trinajstić information content (AvgIpc) is 2.99. The minimum atomic E-state index is -0.639. The predicted molar refractivity (Wildman–Crippen MR) is 161 cm³/mol. The third kappa shape index (κ3) is 6.95. The van der Waals surface area contributed by atoms with Gasteiger partial charge in [-0.05, 0) is 81.0 Å². The molecule has 1 amide bonds. The average molecular weight is 573 g/mol. The van der Waals surface area contributed by atoms with E-state index >= 15 is 0 Å². The van der Waals surface area contributed by atoms with Gasteiger partial charge in [0, 0.05) is 18.7 Å². The lowest BCUT2D eigenvalue weighted by molar-refractivity contribution is 0.0233. The summed E-state index contributed by atoms with van der Waals surface area (Å²) in [6.45, 7) is 4.61. The number of hydrogen-bond donors (Lipinski definition) is 2. The summed E-state index contributed by atoms with van der Waals surface area (Å²) >= 11 is 0. The van der Waals surface area contributed by atoms with E-state index in [9.17, 15) is 19.2 Å². The molecule has 0 spiro atoms. The highest BCUT2D eigenvalue weighted by atomic mass is 16.5. The molecule has 0 saturated carbocycles. The summed E-state index contributed by atoms with van der Waals surface area (Å²) in [6, 6.07) is 17.9. The Bertz CT molecular complexity index is 1670. The SMILES string of the molecule is CCC(CN(C)C)OC(=O)c1ccc(C(C)n2c(=O)[nH]c3ccc(C(=O)NCc4ccc(OC)cc4)cc3c2=O)cc1. The quantitative estimate of drug-likeness (QED) is 0.263. The molecule has 0 radical (unpaired) electrons. The molecule has 2 N–H and O–H groups in total. The number of carbonyl (C=O) groups excluding carboxylic acids is 2. The number of H-pyrrole nitrogens is 1. The van der Waals surface area contributed by atoms with Crippen molar-refractivity contribution in [2.75, 3.05) is 27.7 Å². The van der Waals surface area contributed by atoms with Crippen LogP contribution in [0.1, 0.15) is 58.2 Å². The van der Waals surface area contributed by atoms with E-state index in [1.54, 1.807) is 50.4 Å². The van der Waals surface area contributed by atoms with Crippen molar-refractivity contribution in [1.29, 1.82) is 0 Å². The molecule has 0 aliphatic heterocycles. The number of likely N-dealkylation sites (N-methyl/N-ethyl adjacent to an activating group) is 1. The van der Waals surface area contributed by atoms with Crippen LogP contribution >= 0.6 is 0 Å². The second-order valence-corrected chi connectivity index (χ2v) is 10.4. The Morgan fingerprint density at radius 2 is 1.64 bits per heavy atom. The molecule has 0 bridgehead atoms. The van der Waals surface area contributed by atoms with Crippen LogP contribution in [0.4, 0.5) is 0 Å². The van der Waals surface area contributed by atoms with Crippen LogP contribution in [0.2, 0.25) is 0 Å². The van der Waals surface area contributed by atoms with Crippen molar-refractivity contribution in [3.63, 3.8) is 0 Å². The van der Waals surface area contributed by atoms with Gasteiger partial charge in [-0.25, -0.2) is 9.59 Å². The lowest BCUT2D eigenvalue weighted by atomic mass is 10.1. The highest BCUT2D eigenvalue weighted by molar-refractivity contribution is 5.97. The Morgan fingerprint density at radius 1 is 0.976 bits per heavy atom. The molecule has 3 aromatic carbocycles. The first kappa shape index (κ1) is 30.3. The molecular formula is C32H36N4O6. The third-order valence-corrected chi connectivity index (χ3v) is 7.12. The van der Waals surface area contributed by atoms with E-state index in [0.717, 1.165) is 15.9 Å². The summed E-state index contributed by atoms with van der Waals surface area (Å²) in [7, 11) is 5.42. The number of hydrogen-bond acceptors (Lipinski definition) is 7. The zero-order chi connectivity index (χ0) is 30.4. The van der Waals surface area contributed by atoms with Gasteiger partial charge in [-0.1, -0.05) is 31.2 Å². The Labute approximate surface area is 243 Å². The van der Waals surface area contributed by atoms with Crippen LogP contribution in [0.25, 0.3) is 10.9 Å². The monoisotopic (exact) mass is 572 g/mol. The maximum absolute atomic E-state index is 13.5. The first-order valence-corrected chi connectivity index (χ1v) is 13.8. The molecule has 1 aromatic heterocycles. The van der Waals surface area contributed by atoms with Gasteiger partial charge >= 0.3 is 11.7 Å². The number of rotatable bonds is 11. The maximum Gasteiger partial charge on any atom is 0.338 e. The van der Waals surface area contributed by atoms with Crippen LogP contribution in [-0.4, -0.2) is 60.2 Å². The van der Waals surface area contributed by atoms with Gasteiger partial charge in [0.05, 0.1) is 29.6 Å². The van der Waals surface area contributed by atoms with E-state index in [-0.39, 0.29) is 17.4 Å². The minimum Gasteiger partial charge on any atom is -0.497 e. The van der Waals surface area contributed by atoms with E-state index < -0.39 is 23.3 Å². The molecule has 2 unspecified atom stereocenters. The number of aromatic nitrogens is 2. The first-order valence-electron chi connectivity index (χ1n) is 13.8. The Hall–Kier alpha value is -4.70. The molecule has 0 aliphatic carbocycles. The molecular weight excluding hydrogens is 536 g/mol. The number of methoxy groups -OCH3 is 1. The van der Waals surface area contributed by atoms with E-state index in [2.05, 4.69) is 10.3 Å². The van der Waals surface area contributed by atoms with Gasteiger partial charge in [-0.3, -0.25) is 14.2 Å². The van der Waals surface area contributed by atoms with Crippen molar-refractivity contribution in [3.8, 4) is 5.75 Å². The number of amides is 1. The zero-order valence-corrected chi connectivity index (χ0v) is 24.5. The van der Waals surface area contributed by atoms with Crippen LogP contribution in [-0.2, 0) is 11.3 Å². The summed E-state index contributed by atoms with van der Waals surface area (Å²) in [5, 5.41) is 3.06. The van der Waals surface area contributed by atoms with Gasteiger partial charge in [0.15, 0.2) is 0 Å². The van der Waals surface area contributed by atoms with Crippen molar-refractivity contribution in [2.45, 2.75) is 39.0 Å². The predicted octanol–water partition coefficient (Wildman–Crippen LogP) is 3.73. The molecule has 1 heterocycles. The van der Waals surface area contributed by atoms with Crippen LogP contribution in [0, 0.1) is 0 Å². The van der Waals surface area contributed by atoms with Crippen molar-refractivity contribution in [1.82, 2.24) is 19.8 Å². The fourth-order valence-electron chi connectivity index (χ4n) is 4.67. The van der Waals surface area contributed by atoms with E-state index in [0.29, 0.717) is 41.7 Å². The van der Waals surface area contributed by atoms with Crippen molar-refractivity contribution >= 4 is 22.8 Å². The Kier molecular flexibility index (Phi) is 9.59. The molecule has 0 aliphatic rings. The number of esters is 1. The van der Waals surface area contributed by atoms with Gasteiger partial charge in [0.1, 0.15) is 11.9 Å². The fourth-order valence-corrected chi connectivity index (χ4v) is 4.67. The zero-order valence-electron chi connectivity index (χ0n) is 24.5. The van der Waals surface area contributed by atoms with Gasteiger partial charge in [0.25, 0.3) is 11.5 Å². The van der Waals surface area contributed by atoms with Crippen molar-refractivity contribution in [3.05, 3.63) is 110 Å². The molecule has 0 saturated heterocycles. The Balaban J connectivity index is 1.54. The number of nitrogens with zero attached hydrogens (tertiary/aromatic N) is 2. The van der Waals surface area contributed by atoms with E-state index in [4.69, 9.17) is 9.47 Å². The maximum atomic E-state index is 13.5. The highest BCUT2D eigenvalue weighted by Crippen LogP contribution is 2.18. The summed E-state index contributed by atoms with van der Waals surface area (Å²) in [5.74, 6) is -0.0593. The smallest absolute Gasteiger partial charge is 0.338 e. The van der Waals surface area contributed by atoms with E-state index in [1.165, 1.54) is 6.07 Å². The molecule has 4 aromatic rings. The summed E-state index contributed by atoms with van der Waals surface area (Å²) in [4.78, 5) is 56.7. The van der Waals surface area contributed by atoms with Gasteiger partial charge in [-0.15, -0.1) is 0 Å². The van der Waals surface area contributed by atoms with Gasteiger partial charge in [-0.2, -0.15) is 0 Å². The molecule has 220 valence electrons. The summed E-state index contributed by atoms with van der Waals surface area (Å²) in [6.07, 6.45) is 0.467. The molecule has 10 heteroatoms. The topological polar surface area (TPSA) is 123 Å². The standard InChI is InChI=1S/C32H36N4O6/c1-6-25(19-35(3)4)42-31(39)23-11-9-22(10-12-23)20(2)36-30(38)27-17-24(13-16-28(27)34-32(36)40)29(37)33-18-21-7-14-26(41-5)15-8-21/h7-17,20,25H,6,18-19H2,1-5H3,(H,33,37)(H,34,40). The van der Waals surface area contributed by atoms with Crippen molar-refractivity contribution in [2.24, 2.45) is 0 Å². The van der Waals surface area contributed by atoms with Crippen LogP contribution in [0.5, 0.6) is 5.75 Å². The number of nitrogens with one attached hydrogen (secondary N) is 2. The molecule has 4 rings (SSSR count). The summed E-state index contributed by atoms with van der Waals surface area (Å²) in [5.41, 5.74) is 1.46. The molecule has 10 nitrogen and oxygen atoms in total. The highest BCUT2D eigenvalue weighted by Gasteiger charge is 2.19.